The molecule has 2 aromatic rings. The van der Waals surface area contributed by atoms with E-state index in [4.69, 9.17) is 4.74 Å². The molecule has 2 aromatic heterocycles. The molecule has 0 bridgehead atoms. The number of ether oxygens (including phenoxy) is 1. The molecule has 2 aliphatic rings. The van der Waals surface area contributed by atoms with Crippen LogP contribution in [0.1, 0.15) is 65.7 Å². The lowest BCUT2D eigenvalue weighted by atomic mass is 9.84. The first-order chi connectivity index (χ1) is 17.4. The van der Waals surface area contributed by atoms with Crippen LogP contribution in [0.3, 0.4) is 0 Å². The number of pyridine rings is 1. The van der Waals surface area contributed by atoms with Crippen LogP contribution >= 0.6 is 11.3 Å². The molecule has 0 aromatic carbocycles. The van der Waals surface area contributed by atoms with E-state index in [0.717, 1.165) is 85.7 Å². The van der Waals surface area contributed by atoms with Gasteiger partial charge in [0.05, 0.1) is 11.4 Å². The zero-order chi connectivity index (χ0) is 25.5. The number of halogens is 2. The molecule has 3 heterocycles. The number of carbonyl (C=O) groups is 1. The second kappa shape index (κ2) is 12.9. The summed E-state index contributed by atoms with van der Waals surface area (Å²) in [5.41, 5.74) is 3.13. The van der Waals surface area contributed by atoms with Gasteiger partial charge in [0, 0.05) is 47.9 Å². The average Bonchev–Trinajstić information content (AvgIpc) is 3.16. The summed E-state index contributed by atoms with van der Waals surface area (Å²) >= 11 is 1.59. The first-order valence-corrected chi connectivity index (χ1v) is 14.1. The van der Waals surface area contributed by atoms with Gasteiger partial charge in [-0.1, -0.05) is 6.92 Å². The zero-order valence-corrected chi connectivity index (χ0v) is 22.2. The number of hydrogen-bond acceptors (Lipinski definition) is 6. The van der Waals surface area contributed by atoms with E-state index < -0.39 is 13.0 Å². The first-order valence-electron chi connectivity index (χ1n) is 13.2. The topological polar surface area (TPSA) is 67.3 Å². The maximum absolute atomic E-state index is 12.6. The Hall–Kier alpha value is -2.13. The standard InChI is InChI=1S/C27H38F2N4O2S/c1-3-20-14-21-9-12-33(13-10-24(21)32-27(20)35-17-25(28)29)11-8-19-4-6-22(7-5-19)31-26(34)15-23-16-30-18(2)36-23/h14,16,19,22,25H,3-13,15,17H2,1-2H3,(H,31,34)/t19-,22-. The molecule has 1 N–H and O–H groups in total. The Labute approximate surface area is 216 Å². The van der Waals surface area contributed by atoms with E-state index in [2.05, 4.69) is 26.3 Å². The number of aromatic nitrogens is 2. The van der Waals surface area contributed by atoms with E-state index in [9.17, 15) is 13.6 Å². The van der Waals surface area contributed by atoms with Gasteiger partial charge in [-0.2, -0.15) is 0 Å². The fourth-order valence-corrected chi connectivity index (χ4v) is 6.13. The third kappa shape index (κ3) is 7.68. The lowest BCUT2D eigenvalue weighted by Crippen LogP contribution is -2.38. The van der Waals surface area contributed by atoms with Crippen LogP contribution in [0.4, 0.5) is 8.78 Å². The second-order valence-electron chi connectivity index (χ2n) is 10.1. The molecule has 1 fully saturated rings. The Balaban J connectivity index is 1.19. The normalized spacial score (nSPS) is 20.7. The molecule has 198 valence electrons. The number of rotatable bonds is 10. The first kappa shape index (κ1) is 26.9. The van der Waals surface area contributed by atoms with Gasteiger partial charge in [0.25, 0.3) is 6.43 Å². The molecule has 0 unspecified atom stereocenters. The van der Waals surface area contributed by atoms with Crippen molar-refractivity contribution in [1.29, 1.82) is 0 Å². The maximum Gasteiger partial charge on any atom is 0.272 e. The SMILES string of the molecule is CCc1cc2c(nc1OCC(F)F)CCN(CC[C@H]1CC[C@H](NC(=O)Cc3cnc(C)s3)CC1)CC2. The van der Waals surface area contributed by atoms with Gasteiger partial charge in [0.15, 0.2) is 6.61 Å². The summed E-state index contributed by atoms with van der Waals surface area (Å²) in [5, 5.41) is 4.22. The van der Waals surface area contributed by atoms with Gasteiger partial charge in [0.2, 0.25) is 11.8 Å². The van der Waals surface area contributed by atoms with Crippen molar-refractivity contribution in [3.05, 3.63) is 39.0 Å². The van der Waals surface area contributed by atoms with E-state index >= 15 is 0 Å². The van der Waals surface area contributed by atoms with E-state index in [1.54, 1.807) is 17.5 Å². The summed E-state index contributed by atoms with van der Waals surface area (Å²) in [6.45, 7) is 6.35. The fourth-order valence-electron chi connectivity index (χ4n) is 5.34. The largest absolute Gasteiger partial charge is 0.471 e. The van der Waals surface area contributed by atoms with Gasteiger partial charge in [-0.25, -0.2) is 18.7 Å². The highest BCUT2D eigenvalue weighted by atomic mass is 32.1. The Morgan fingerprint density at radius 1 is 1.25 bits per heavy atom. The zero-order valence-electron chi connectivity index (χ0n) is 21.4. The lowest BCUT2D eigenvalue weighted by molar-refractivity contribution is -0.121. The summed E-state index contributed by atoms with van der Waals surface area (Å²) in [4.78, 5) is 24.8. The quantitative estimate of drug-likeness (QED) is 0.489. The van der Waals surface area contributed by atoms with Gasteiger partial charge in [-0.3, -0.25) is 4.79 Å². The van der Waals surface area contributed by atoms with Crippen LogP contribution in [0, 0.1) is 12.8 Å². The average molecular weight is 521 g/mol. The van der Waals surface area contributed by atoms with E-state index in [0.29, 0.717) is 18.2 Å². The van der Waals surface area contributed by atoms with Gasteiger partial charge in [0.1, 0.15) is 0 Å². The smallest absolute Gasteiger partial charge is 0.272 e. The van der Waals surface area contributed by atoms with Crippen molar-refractivity contribution in [1.82, 2.24) is 20.2 Å². The second-order valence-corrected chi connectivity index (χ2v) is 11.4. The summed E-state index contributed by atoms with van der Waals surface area (Å²) < 4.78 is 30.6. The van der Waals surface area contributed by atoms with Crippen molar-refractivity contribution in [3.8, 4) is 5.88 Å². The molecule has 0 radical (unpaired) electrons. The highest BCUT2D eigenvalue weighted by Crippen LogP contribution is 2.28. The molecule has 6 nitrogen and oxygen atoms in total. The van der Waals surface area contributed by atoms with Gasteiger partial charge < -0.3 is 15.0 Å². The molecule has 0 saturated heterocycles. The summed E-state index contributed by atoms with van der Waals surface area (Å²) in [7, 11) is 0. The Bertz CT molecular complexity index is 1010. The van der Waals surface area contributed by atoms with Crippen molar-refractivity contribution in [3.63, 3.8) is 0 Å². The van der Waals surface area contributed by atoms with Crippen molar-refractivity contribution in [2.75, 3.05) is 26.2 Å². The minimum atomic E-state index is -2.50. The van der Waals surface area contributed by atoms with Crippen molar-refractivity contribution < 1.29 is 18.3 Å². The summed E-state index contributed by atoms with van der Waals surface area (Å²) in [6, 6.07) is 2.40. The molecule has 36 heavy (non-hydrogen) atoms. The van der Waals surface area contributed by atoms with Crippen LogP contribution < -0.4 is 10.1 Å². The molecular formula is C27H38F2N4O2S. The number of nitrogens with one attached hydrogen (secondary N) is 1. The fraction of sp³-hybridized carbons (Fsp3) is 0.667. The molecule has 4 rings (SSSR count). The van der Waals surface area contributed by atoms with Crippen LogP contribution in [-0.4, -0.2) is 59.5 Å². The van der Waals surface area contributed by atoms with E-state index in [-0.39, 0.29) is 11.9 Å². The number of aryl methyl sites for hydroxylation is 2. The van der Waals surface area contributed by atoms with Crippen molar-refractivity contribution in [2.24, 2.45) is 5.92 Å². The number of nitrogens with zero attached hydrogens (tertiary/aromatic N) is 3. The predicted molar refractivity (Wildman–Crippen MR) is 138 cm³/mol. The molecule has 0 atom stereocenters. The molecule has 1 saturated carbocycles. The van der Waals surface area contributed by atoms with Crippen molar-refractivity contribution >= 4 is 17.2 Å². The highest BCUT2D eigenvalue weighted by Gasteiger charge is 2.24. The number of thiazole rings is 1. The molecule has 1 aliphatic heterocycles. The lowest BCUT2D eigenvalue weighted by Gasteiger charge is -2.30. The Morgan fingerprint density at radius 2 is 2.03 bits per heavy atom. The highest BCUT2D eigenvalue weighted by molar-refractivity contribution is 7.11. The molecule has 9 heteroatoms. The van der Waals surface area contributed by atoms with Gasteiger partial charge in [-0.15, -0.1) is 11.3 Å². The molecule has 1 amide bonds. The molecular weight excluding hydrogens is 482 g/mol. The Morgan fingerprint density at radius 3 is 2.72 bits per heavy atom. The molecule has 1 aliphatic carbocycles. The summed E-state index contributed by atoms with van der Waals surface area (Å²) in [5.74, 6) is 1.18. The van der Waals surface area contributed by atoms with E-state index in [1.807, 2.05) is 13.8 Å². The van der Waals surface area contributed by atoms with E-state index in [1.165, 1.54) is 12.0 Å². The minimum absolute atomic E-state index is 0.105. The van der Waals surface area contributed by atoms with Crippen LogP contribution in [0.5, 0.6) is 5.88 Å². The monoisotopic (exact) mass is 520 g/mol. The maximum atomic E-state index is 12.6. The van der Waals surface area contributed by atoms with Crippen LogP contribution in [0.25, 0.3) is 0 Å². The number of hydrogen-bond donors (Lipinski definition) is 1. The number of amides is 1. The summed E-state index contributed by atoms with van der Waals surface area (Å²) in [6.07, 6.45) is 7.80. The third-order valence-corrected chi connectivity index (χ3v) is 8.30. The van der Waals surface area contributed by atoms with Gasteiger partial charge >= 0.3 is 0 Å². The van der Waals surface area contributed by atoms with Crippen LogP contribution in [0.15, 0.2) is 12.3 Å². The van der Waals surface area contributed by atoms with Gasteiger partial charge in [-0.05, 0) is 76.0 Å². The minimum Gasteiger partial charge on any atom is -0.471 e. The van der Waals surface area contributed by atoms with Crippen molar-refractivity contribution in [2.45, 2.75) is 84.1 Å². The molecule has 0 spiro atoms. The number of alkyl halides is 2. The number of carbonyl (C=O) groups excluding carboxylic acids is 1. The van der Waals surface area contributed by atoms with Crippen LogP contribution in [0.2, 0.25) is 0 Å². The third-order valence-electron chi connectivity index (χ3n) is 7.39. The predicted octanol–water partition coefficient (Wildman–Crippen LogP) is 4.76. The number of fused-ring (bicyclic) bond motifs is 1. The Kier molecular flexibility index (Phi) is 9.65. The van der Waals surface area contributed by atoms with Crippen LogP contribution in [-0.2, 0) is 30.5 Å².